The monoisotopic (exact) mass is 462 g/mol. The molecule has 0 saturated carbocycles. The fourth-order valence-corrected chi connectivity index (χ4v) is 6.20. The van der Waals surface area contributed by atoms with Crippen molar-refractivity contribution < 1.29 is 21.6 Å². The van der Waals surface area contributed by atoms with Crippen molar-refractivity contribution in [2.75, 3.05) is 11.5 Å². The summed E-state index contributed by atoms with van der Waals surface area (Å²) in [5.74, 6) is -0.416. The normalized spacial score (nSPS) is 18.5. The van der Waals surface area contributed by atoms with Crippen molar-refractivity contribution in [2.24, 2.45) is 0 Å². The summed E-state index contributed by atoms with van der Waals surface area (Å²) in [5.41, 5.74) is 2.19. The summed E-state index contributed by atoms with van der Waals surface area (Å²) in [7, 11) is -6.48. The molecule has 1 aromatic carbocycles. The van der Waals surface area contributed by atoms with E-state index in [0.717, 1.165) is 0 Å². The summed E-state index contributed by atoms with van der Waals surface area (Å²) in [5, 5.41) is 2.23. The van der Waals surface area contributed by atoms with Crippen molar-refractivity contribution in [1.29, 1.82) is 0 Å². The van der Waals surface area contributed by atoms with E-state index in [1.54, 1.807) is 26.0 Å². The van der Waals surface area contributed by atoms with Crippen molar-refractivity contribution in [3.05, 3.63) is 42.2 Å². The van der Waals surface area contributed by atoms with Gasteiger partial charge in [0.2, 0.25) is 0 Å². The van der Waals surface area contributed by atoms with Crippen LogP contribution in [-0.2, 0) is 19.7 Å². The zero-order chi connectivity index (χ0) is 22.4. The fourth-order valence-electron chi connectivity index (χ4n) is 3.46. The highest BCUT2D eigenvalue weighted by molar-refractivity contribution is 7.92. The summed E-state index contributed by atoms with van der Waals surface area (Å²) >= 11 is 0. The largest absolute Gasteiger partial charge is 0.348 e. The minimum absolute atomic E-state index is 0.0658. The van der Waals surface area contributed by atoms with Crippen LogP contribution in [-0.4, -0.2) is 60.5 Å². The number of carbonyl (C=O) groups is 1. The minimum atomic E-state index is -3.38. The average molecular weight is 463 g/mol. The Labute approximate surface area is 180 Å². The molecule has 1 amide bonds. The second kappa shape index (κ2) is 7.72. The van der Waals surface area contributed by atoms with Crippen LogP contribution in [0.25, 0.3) is 22.4 Å². The van der Waals surface area contributed by atoms with Crippen LogP contribution in [0.3, 0.4) is 0 Å². The van der Waals surface area contributed by atoms with E-state index in [4.69, 9.17) is 0 Å². The molecule has 31 heavy (non-hydrogen) atoms. The number of aromatic amines is 1. The number of nitrogens with zero attached hydrogens (tertiary/aromatic N) is 2. The van der Waals surface area contributed by atoms with Crippen molar-refractivity contribution in [3.8, 4) is 11.3 Å². The number of H-pyrrole nitrogens is 1. The number of benzene rings is 1. The number of rotatable bonds is 5. The third-order valence-electron chi connectivity index (χ3n) is 5.29. The SMILES string of the molecule is CC(C)S(=O)(=O)c1ccc(-c2cnc3[nH]cc(C(=O)NC4CCS(=O)(=O)C4)c3n2)cc1. The molecule has 4 rings (SSSR count). The maximum Gasteiger partial charge on any atom is 0.255 e. The van der Waals surface area contributed by atoms with Gasteiger partial charge in [0.25, 0.3) is 5.91 Å². The van der Waals surface area contributed by atoms with Crippen LogP contribution in [0.2, 0.25) is 0 Å². The summed E-state index contributed by atoms with van der Waals surface area (Å²) in [6.45, 7) is 3.25. The van der Waals surface area contributed by atoms with E-state index in [1.807, 2.05) is 0 Å². The molecule has 0 spiro atoms. The molecule has 1 fully saturated rings. The first kappa shape index (κ1) is 21.4. The number of hydrogen-bond acceptors (Lipinski definition) is 7. The van der Waals surface area contributed by atoms with Gasteiger partial charge in [-0.05, 0) is 32.4 Å². The predicted molar refractivity (Wildman–Crippen MR) is 116 cm³/mol. The van der Waals surface area contributed by atoms with Crippen molar-refractivity contribution in [1.82, 2.24) is 20.3 Å². The van der Waals surface area contributed by atoms with E-state index < -0.39 is 36.9 Å². The molecular formula is C20H22N4O5S2. The van der Waals surface area contributed by atoms with E-state index >= 15 is 0 Å². The Bertz CT molecular complexity index is 1360. The first-order chi connectivity index (χ1) is 14.6. The molecule has 0 bridgehead atoms. The van der Waals surface area contributed by atoms with Crippen LogP contribution in [0.5, 0.6) is 0 Å². The Morgan fingerprint density at radius 3 is 2.55 bits per heavy atom. The number of carbonyl (C=O) groups excluding carboxylic acids is 1. The van der Waals surface area contributed by atoms with Gasteiger partial charge in [0, 0.05) is 17.8 Å². The maximum absolute atomic E-state index is 12.7. The van der Waals surface area contributed by atoms with Crippen LogP contribution >= 0.6 is 0 Å². The van der Waals surface area contributed by atoms with Crippen LogP contribution in [0.4, 0.5) is 0 Å². The zero-order valence-corrected chi connectivity index (χ0v) is 18.6. The van der Waals surface area contributed by atoms with Gasteiger partial charge in [0.1, 0.15) is 5.52 Å². The third kappa shape index (κ3) is 4.19. The lowest BCUT2D eigenvalue weighted by Gasteiger charge is -2.10. The second-order valence-corrected chi connectivity index (χ2v) is 12.6. The molecule has 164 valence electrons. The second-order valence-electron chi connectivity index (χ2n) is 7.85. The van der Waals surface area contributed by atoms with E-state index in [2.05, 4.69) is 20.3 Å². The molecule has 0 radical (unpaired) electrons. The summed E-state index contributed by atoms with van der Waals surface area (Å²) in [6, 6.07) is 5.94. The fraction of sp³-hybridized carbons (Fsp3) is 0.350. The van der Waals surface area contributed by atoms with E-state index in [-0.39, 0.29) is 22.0 Å². The van der Waals surface area contributed by atoms with Crippen LogP contribution in [0, 0.1) is 0 Å². The molecular weight excluding hydrogens is 440 g/mol. The first-order valence-corrected chi connectivity index (χ1v) is 13.1. The topological polar surface area (TPSA) is 139 Å². The van der Waals surface area contributed by atoms with Crippen molar-refractivity contribution >= 4 is 36.7 Å². The van der Waals surface area contributed by atoms with Gasteiger partial charge >= 0.3 is 0 Å². The lowest BCUT2D eigenvalue weighted by Crippen LogP contribution is -2.35. The molecule has 1 atom stereocenters. The highest BCUT2D eigenvalue weighted by atomic mass is 32.2. The molecule has 11 heteroatoms. The van der Waals surface area contributed by atoms with Gasteiger partial charge in [0.15, 0.2) is 25.3 Å². The van der Waals surface area contributed by atoms with Gasteiger partial charge in [-0.2, -0.15) is 0 Å². The Balaban J connectivity index is 1.62. The van der Waals surface area contributed by atoms with Gasteiger partial charge in [-0.1, -0.05) is 12.1 Å². The Morgan fingerprint density at radius 1 is 1.23 bits per heavy atom. The summed E-state index contributed by atoms with van der Waals surface area (Å²) in [4.78, 5) is 24.7. The summed E-state index contributed by atoms with van der Waals surface area (Å²) < 4.78 is 47.9. The van der Waals surface area contributed by atoms with Crippen LogP contribution < -0.4 is 5.32 Å². The molecule has 1 aliphatic rings. The lowest BCUT2D eigenvalue weighted by molar-refractivity contribution is 0.0942. The Kier molecular flexibility index (Phi) is 5.34. The number of hydrogen-bond donors (Lipinski definition) is 2. The average Bonchev–Trinajstić information content (AvgIpc) is 3.30. The van der Waals surface area contributed by atoms with E-state index in [1.165, 1.54) is 24.5 Å². The number of fused-ring (bicyclic) bond motifs is 1. The highest BCUT2D eigenvalue weighted by Crippen LogP contribution is 2.24. The Morgan fingerprint density at radius 2 is 1.94 bits per heavy atom. The quantitative estimate of drug-likeness (QED) is 0.588. The predicted octanol–water partition coefficient (Wildman–Crippen LogP) is 1.72. The van der Waals surface area contributed by atoms with E-state index in [0.29, 0.717) is 28.8 Å². The molecule has 2 N–H and O–H groups in total. The first-order valence-electron chi connectivity index (χ1n) is 9.76. The Hall–Kier alpha value is -2.79. The smallest absolute Gasteiger partial charge is 0.255 e. The molecule has 1 unspecified atom stereocenters. The molecule has 0 aliphatic carbocycles. The number of nitrogens with one attached hydrogen (secondary N) is 2. The van der Waals surface area contributed by atoms with Gasteiger partial charge in [-0.15, -0.1) is 0 Å². The molecule has 2 aromatic heterocycles. The van der Waals surface area contributed by atoms with Crippen molar-refractivity contribution in [2.45, 2.75) is 36.5 Å². The van der Waals surface area contributed by atoms with Crippen LogP contribution in [0.1, 0.15) is 30.6 Å². The standard InChI is InChI=1S/C20H22N4O5S2/c1-12(2)31(28,29)15-5-3-13(4-6-15)17-10-22-19-18(24-17)16(9-21-19)20(25)23-14-7-8-30(26,27)11-14/h3-6,9-10,12,14H,7-8,11H2,1-2H3,(H,21,22)(H,23,25). The maximum atomic E-state index is 12.7. The van der Waals surface area contributed by atoms with E-state index in [9.17, 15) is 21.6 Å². The lowest BCUT2D eigenvalue weighted by atomic mass is 10.1. The zero-order valence-electron chi connectivity index (χ0n) is 17.0. The highest BCUT2D eigenvalue weighted by Gasteiger charge is 2.30. The molecule has 3 heterocycles. The van der Waals surface area contributed by atoms with Crippen molar-refractivity contribution in [3.63, 3.8) is 0 Å². The van der Waals surface area contributed by atoms with Crippen LogP contribution in [0.15, 0.2) is 41.6 Å². The van der Waals surface area contributed by atoms with Gasteiger partial charge in [0.05, 0.1) is 39.1 Å². The molecule has 1 aliphatic heterocycles. The number of sulfone groups is 2. The molecule has 9 nitrogen and oxygen atoms in total. The number of aromatic nitrogens is 3. The summed E-state index contributed by atoms with van der Waals surface area (Å²) in [6.07, 6.45) is 3.42. The van der Waals surface area contributed by atoms with Gasteiger partial charge in [-0.3, -0.25) is 4.79 Å². The minimum Gasteiger partial charge on any atom is -0.348 e. The third-order valence-corrected chi connectivity index (χ3v) is 9.23. The number of amides is 1. The molecule has 1 saturated heterocycles. The van der Waals surface area contributed by atoms with Gasteiger partial charge in [-0.25, -0.2) is 26.8 Å². The van der Waals surface area contributed by atoms with Gasteiger partial charge < -0.3 is 10.3 Å². The molecule has 3 aromatic rings.